The average Bonchev–Trinajstić information content (AvgIpc) is 3.59. The quantitative estimate of drug-likeness (QED) is 0.444. The van der Waals surface area contributed by atoms with E-state index >= 15 is 0 Å². The molecule has 0 spiro atoms. The number of hydrogen-bond acceptors (Lipinski definition) is 5. The van der Waals surface area contributed by atoms with Gasteiger partial charge in [-0.25, -0.2) is 4.68 Å². The van der Waals surface area contributed by atoms with Crippen LogP contribution in [-0.2, 0) is 4.79 Å². The van der Waals surface area contributed by atoms with Gasteiger partial charge >= 0.3 is 0 Å². The van der Waals surface area contributed by atoms with Gasteiger partial charge in [0.15, 0.2) is 11.0 Å². The maximum atomic E-state index is 12.8. The Balaban J connectivity index is 1.32. The Hall–Kier alpha value is -2.32. The second-order valence-electron chi connectivity index (χ2n) is 8.53. The highest BCUT2D eigenvalue weighted by Gasteiger charge is 2.26. The number of halogens is 1. The molecule has 9 heteroatoms. The zero-order chi connectivity index (χ0) is 21.9. The number of anilines is 1. The Bertz CT molecular complexity index is 1080. The molecule has 2 fully saturated rings. The highest BCUT2D eigenvalue weighted by Crippen LogP contribution is 2.38. The van der Waals surface area contributed by atoms with Crippen molar-refractivity contribution in [2.45, 2.75) is 68.6 Å². The summed E-state index contributed by atoms with van der Waals surface area (Å²) in [4.78, 5) is 12.8. The zero-order valence-corrected chi connectivity index (χ0v) is 19.5. The molecule has 1 N–H and O–H groups in total. The number of thioether (sulfide) groups is 1. The minimum Gasteiger partial charge on any atom is -0.310 e. The summed E-state index contributed by atoms with van der Waals surface area (Å²) >= 11 is 7.89. The molecule has 0 radical (unpaired) electrons. The Labute approximate surface area is 196 Å². The van der Waals surface area contributed by atoms with Gasteiger partial charge in [-0.05, 0) is 37.8 Å². The minimum atomic E-state index is -0.0602. The molecule has 1 amide bonds. The monoisotopic (exact) mass is 470 g/mol. The van der Waals surface area contributed by atoms with Gasteiger partial charge in [0.1, 0.15) is 5.82 Å². The molecule has 5 rings (SSSR count). The van der Waals surface area contributed by atoms with Crippen molar-refractivity contribution >= 4 is 35.1 Å². The average molecular weight is 471 g/mol. The fraction of sp³-hybridized carbons (Fsp3) is 0.478. The number of hydrogen-bond donors (Lipinski definition) is 1. The number of amides is 1. The first-order chi connectivity index (χ1) is 15.7. The Morgan fingerprint density at radius 1 is 1.03 bits per heavy atom. The van der Waals surface area contributed by atoms with Crippen LogP contribution in [0.25, 0.3) is 11.4 Å². The van der Waals surface area contributed by atoms with Crippen molar-refractivity contribution in [3.63, 3.8) is 0 Å². The van der Waals surface area contributed by atoms with E-state index in [9.17, 15) is 4.79 Å². The first-order valence-electron chi connectivity index (χ1n) is 11.4. The largest absolute Gasteiger partial charge is 0.310 e. The van der Waals surface area contributed by atoms with Crippen molar-refractivity contribution < 1.29 is 4.79 Å². The summed E-state index contributed by atoms with van der Waals surface area (Å²) in [5.74, 6) is 1.76. The fourth-order valence-electron chi connectivity index (χ4n) is 4.86. The summed E-state index contributed by atoms with van der Waals surface area (Å²) in [5.41, 5.74) is 0.880. The molecule has 7 nitrogen and oxygen atoms in total. The van der Waals surface area contributed by atoms with E-state index in [1.54, 1.807) is 6.20 Å². The number of rotatable bonds is 7. The maximum Gasteiger partial charge on any atom is 0.235 e. The number of benzene rings is 1. The molecule has 0 aliphatic heterocycles. The van der Waals surface area contributed by atoms with Crippen molar-refractivity contribution in [3.8, 4) is 11.4 Å². The van der Waals surface area contributed by atoms with Crippen LogP contribution in [0, 0.1) is 0 Å². The Morgan fingerprint density at radius 2 is 1.75 bits per heavy atom. The summed E-state index contributed by atoms with van der Waals surface area (Å²) in [6.45, 7) is 0. The predicted molar refractivity (Wildman–Crippen MR) is 127 cm³/mol. The van der Waals surface area contributed by atoms with Gasteiger partial charge in [0, 0.05) is 17.7 Å². The number of nitrogens with one attached hydrogen (secondary N) is 1. The van der Waals surface area contributed by atoms with E-state index in [-0.39, 0.29) is 11.7 Å². The lowest BCUT2D eigenvalue weighted by atomic mass is 10.2. The van der Waals surface area contributed by atoms with E-state index in [4.69, 9.17) is 11.6 Å². The third-order valence-corrected chi connectivity index (χ3v) is 7.68. The van der Waals surface area contributed by atoms with E-state index in [1.165, 1.54) is 37.4 Å². The van der Waals surface area contributed by atoms with Crippen LogP contribution in [0.5, 0.6) is 0 Å². The lowest BCUT2D eigenvalue weighted by Crippen LogP contribution is -2.19. The smallest absolute Gasteiger partial charge is 0.235 e. The van der Waals surface area contributed by atoms with Crippen LogP contribution in [0.1, 0.15) is 63.5 Å². The molecule has 168 valence electrons. The molecule has 2 aliphatic carbocycles. The first kappa shape index (κ1) is 21.5. The van der Waals surface area contributed by atoms with Crippen molar-refractivity contribution in [2.24, 2.45) is 0 Å². The summed E-state index contributed by atoms with van der Waals surface area (Å²) < 4.78 is 4.15. The van der Waals surface area contributed by atoms with Crippen LogP contribution in [0.2, 0.25) is 5.02 Å². The molecule has 0 saturated heterocycles. The second kappa shape index (κ2) is 9.67. The summed E-state index contributed by atoms with van der Waals surface area (Å²) in [7, 11) is 0. The Kier molecular flexibility index (Phi) is 6.50. The van der Waals surface area contributed by atoms with Crippen molar-refractivity contribution in [3.05, 3.63) is 41.6 Å². The number of aromatic nitrogens is 5. The van der Waals surface area contributed by atoms with E-state index < -0.39 is 0 Å². The third-order valence-electron chi connectivity index (χ3n) is 6.41. The van der Waals surface area contributed by atoms with Crippen LogP contribution >= 0.6 is 23.4 Å². The molecular formula is C23H27ClN6OS. The first-order valence-corrected chi connectivity index (χ1v) is 12.7. The fourth-order valence-corrected chi connectivity index (χ4v) is 5.88. The topological polar surface area (TPSA) is 77.6 Å². The third kappa shape index (κ3) is 4.43. The lowest BCUT2D eigenvalue weighted by molar-refractivity contribution is -0.113. The van der Waals surface area contributed by atoms with Crippen molar-refractivity contribution in [1.82, 2.24) is 24.5 Å². The summed E-state index contributed by atoms with van der Waals surface area (Å²) in [6, 6.07) is 10.3. The second-order valence-corrected chi connectivity index (χ2v) is 9.88. The van der Waals surface area contributed by atoms with Gasteiger partial charge < -0.3 is 5.32 Å². The highest BCUT2D eigenvalue weighted by molar-refractivity contribution is 7.99. The van der Waals surface area contributed by atoms with Crippen molar-refractivity contribution in [1.29, 1.82) is 0 Å². The standard InChI is InChI=1S/C23H27ClN6OS/c24-19-12-6-5-11-18(19)22-27-28-23(29(22)16-7-1-2-8-16)32-15-21(31)26-20-13-14-25-30(20)17-9-3-4-10-17/h5-6,11-14,16-17H,1-4,7-10,15H2,(H,26,31). The van der Waals surface area contributed by atoms with Crippen LogP contribution in [0.4, 0.5) is 5.82 Å². The van der Waals surface area contributed by atoms with Gasteiger partial charge in [0.25, 0.3) is 0 Å². The van der Waals surface area contributed by atoms with Crippen LogP contribution in [0.3, 0.4) is 0 Å². The van der Waals surface area contributed by atoms with Crippen molar-refractivity contribution in [2.75, 3.05) is 11.1 Å². The van der Waals surface area contributed by atoms with Crippen LogP contribution < -0.4 is 5.32 Å². The number of carbonyl (C=O) groups excluding carboxylic acids is 1. The van der Waals surface area contributed by atoms with Gasteiger partial charge in [-0.3, -0.25) is 9.36 Å². The van der Waals surface area contributed by atoms with Gasteiger partial charge in [-0.15, -0.1) is 10.2 Å². The molecule has 2 aliphatic rings. The lowest BCUT2D eigenvalue weighted by Gasteiger charge is -2.17. The summed E-state index contributed by atoms with van der Waals surface area (Å²) in [5, 5.41) is 17.8. The minimum absolute atomic E-state index is 0.0602. The molecule has 2 heterocycles. The maximum absolute atomic E-state index is 12.8. The van der Waals surface area contributed by atoms with Gasteiger partial charge in [0.2, 0.25) is 5.91 Å². The molecule has 2 saturated carbocycles. The number of nitrogens with zero attached hydrogens (tertiary/aromatic N) is 5. The molecule has 32 heavy (non-hydrogen) atoms. The van der Waals surface area contributed by atoms with E-state index in [0.29, 0.717) is 17.1 Å². The molecular weight excluding hydrogens is 444 g/mol. The van der Waals surface area contributed by atoms with E-state index in [1.807, 2.05) is 35.0 Å². The Morgan fingerprint density at radius 3 is 2.50 bits per heavy atom. The summed E-state index contributed by atoms with van der Waals surface area (Å²) in [6.07, 6.45) is 11.0. The normalized spacial score (nSPS) is 17.3. The molecule has 0 bridgehead atoms. The predicted octanol–water partition coefficient (Wildman–Crippen LogP) is 5.76. The van der Waals surface area contributed by atoms with Crippen LogP contribution in [0.15, 0.2) is 41.7 Å². The molecule has 0 unspecified atom stereocenters. The van der Waals surface area contributed by atoms with Gasteiger partial charge in [-0.2, -0.15) is 5.10 Å². The van der Waals surface area contributed by atoms with E-state index in [0.717, 1.165) is 48.0 Å². The zero-order valence-electron chi connectivity index (χ0n) is 17.9. The highest BCUT2D eigenvalue weighted by atomic mass is 35.5. The van der Waals surface area contributed by atoms with Gasteiger partial charge in [0.05, 0.1) is 23.0 Å². The molecule has 2 aromatic heterocycles. The molecule has 1 aromatic carbocycles. The number of carbonyl (C=O) groups is 1. The van der Waals surface area contributed by atoms with E-state index in [2.05, 4.69) is 25.2 Å². The molecule has 3 aromatic rings. The molecule has 0 atom stereocenters. The SMILES string of the molecule is O=C(CSc1nnc(-c2ccccc2Cl)n1C1CCCC1)Nc1ccnn1C1CCCC1. The van der Waals surface area contributed by atoms with Gasteiger partial charge in [-0.1, -0.05) is 61.2 Å². The van der Waals surface area contributed by atoms with Crippen LogP contribution in [-0.4, -0.2) is 36.2 Å².